The van der Waals surface area contributed by atoms with Gasteiger partial charge in [0, 0.05) is 11.1 Å². The zero-order chi connectivity index (χ0) is 19.5. The summed E-state index contributed by atoms with van der Waals surface area (Å²) in [4.78, 5) is 11.2. The van der Waals surface area contributed by atoms with Gasteiger partial charge in [0.05, 0.1) is 24.9 Å². The molecule has 1 aromatic heterocycles. The Labute approximate surface area is 163 Å². The van der Waals surface area contributed by atoms with Crippen molar-refractivity contribution in [1.82, 2.24) is 4.57 Å². The molecule has 0 aliphatic carbocycles. The molecule has 4 nitrogen and oxygen atoms in total. The molecule has 0 atom stereocenters. The Hall–Kier alpha value is -3.53. The van der Waals surface area contributed by atoms with Crippen LogP contribution >= 0.6 is 0 Å². The predicted molar refractivity (Wildman–Crippen MR) is 111 cm³/mol. The fourth-order valence-corrected chi connectivity index (χ4v) is 3.58. The Morgan fingerprint density at radius 3 is 2.43 bits per heavy atom. The summed E-state index contributed by atoms with van der Waals surface area (Å²) in [6.07, 6.45) is 0.561. The third kappa shape index (κ3) is 3.37. The van der Waals surface area contributed by atoms with Gasteiger partial charge in [0.1, 0.15) is 5.75 Å². The van der Waals surface area contributed by atoms with Gasteiger partial charge in [0.25, 0.3) is 0 Å². The molecule has 3 aromatic carbocycles. The molecule has 4 aromatic rings. The normalized spacial score (nSPS) is 10.9. The lowest BCUT2D eigenvalue weighted by Gasteiger charge is -2.16. The van der Waals surface area contributed by atoms with Crippen molar-refractivity contribution in [3.05, 3.63) is 84.6 Å². The molecule has 0 aliphatic heterocycles. The van der Waals surface area contributed by atoms with E-state index < -0.39 is 5.97 Å². The highest BCUT2D eigenvalue weighted by Gasteiger charge is 2.15. The lowest BCUT2D eigenvalue weighted by Crippen LogP contribution is -2.06. The molecular formula is C24H21NO3. The number of benzene rings is 3. The standard InChI is InChI=1S/C24H21NO3/c1-28-20-13-9-18(10-14-20)22-15-11-19(12-16-24(26)27)25(22)23-8-4-6-17-5-2-3-7-21(17)23/h2-11,13-15H,12,16H2,1H3,(H,26,27). The van der Waals surface area contributed by atoms with Crippen LogP contribution in [0.15, 0.2) is 78.9 Å². The van der Waals surface area contributed by atoms with E-state index in [1.807, 2.05) is 48.5 Å². The fourth-order valence-electron chi connectivity index (χ4n) is 3.58. The first kappa shape index (κ1) is 17.9. The third-order valence-corrected chi connectivity index (χ3v) is 4.95. The number of fused-ring (bicyclic) bond motifs is 1. The molecule has 4 heteroatoms. The van der Waals surface area contributed by atoms with Gasteiger partial charge in [-0.1, -0.05) is 36.4 Å². The molecule has 0 fully saturated rings. The number of carboxylic acid groups (broad SMARTS) is 1. The Bertz CT molecular complexity index is 1120. The van der Waals surface area contributed by atoms with Crippen molar-refractivity contribution < 1.29 is 14.6 Å². The average Bonchev–Trinajstić information content (AvgIpc) is 3.15. The molecule has 0 aliphatic rings. The number of aliphatic carboxylic acids is 1. The van der Waals surface area contributed by atoms with E-state index >= 15 is 0 Å². The summed E-state index contributed by atoms with van der Waals surface area (Å²) in [7, 11) is 1.65. The van der Waals surface area contributed by atoms with E-state index in [-0.39, 0.29) is 6.42 Å². The van der Waals surface area contributed by atoms with Crippen molar-refractivity contribution in [2.24, 2.45) is 0 Å². The van der Waals surface area contributed by atoms with Crippen molar-refractivity contribution in [3.8, 4) is 22.7 Å². The molecule has 0 radical (unpaired) electrons. The first-order valence-electron chi connectivity index (χ1n) is 9.22. The summed E-state index contributed by atoms with van der Waals surface area (Å²) >= 11 is 0. The Balaban J connectivity index is 1.91. The summed E-state index contributed by atoms with van der Waals surface area (Å²) in [6.45, 7) is 0. The van der Waals surface area contributed by atoms with E-state index in [2.05, 4.69) is 34.9 Å². The number of aryl methyl sites for hydroxylation is 1. The Kier molecular flexibility index (Phi) is 4.85. The molecular weight excluding hydrogens is 350 g/mol. The summed E-state index contributed by atoms with van der Waals surface area (Å²) in [5.74, 6) is 0.00906. The van der Waals surface area contributed by atoms with Crippen molar-refractivity contribution in [3.63, 3.8) is 0 Å². The van der Waals surface area contributed by atoms with Crippen LogP contribution in [0, 0.1) is 0 Å². The van der Waals surface area contributed by atoms with Crippen LogP contribution in [0.2, 0.25) is 0 Å². The van der Waals surface area contributed by atoms with Crippen LogP contribution in [0.1, 0.15) is 12.1 Å². The maximum atomic E-state index is 11.2. The van der Waals surface area contributed by atoms with Gasteiger partial charge in [0.15, 0.2) is 0 Å². The maximum absolute atomic E-state index is 11.2. The first-order chi connectivity index (χ1) is 13.7. The van der Waals surface area contributed by atoms with Crippen LogP contribution in [0.4, 0.5) is 0 Å². The third-order valence-electron chi connectivity index (χ3n) is 4.95. The molecule has 0 unspecified atom stereocenters. The molecule has 140 valence electrons. The quantitative estimate of drug-likeness (QED) is 0.499. The zero-order valence-corrected chi connectivity index (χ0v) is 15.6. The molecule has 28 heavy (non-hydrogen) atoms. The molecule has 1 N–H and O–H groups in total. The highest BCUT2D eigenvalue weighted by Crippen LogP contribution is 2.32. The van der Waals surface area contributed by atoms with Gasteiger partial charge < -0.3 is 14.4 Å². The van der Waals surface area contributed by atoms with Crippen LogP contribution in [0.5, 0.6) is 5.75 Å². The van der Waals surface area contributed by atoms with Gasteiger partial charge in [-0.3, -0.25) is 4.79 Å². The number of hydrogen-bond donors (Lipinski definition) is 1. The second-order valence-corrected chi connectivity index (χ2v) is 6.67. The number of methoxy groups -OCH3 is 1. The summed E-state index contributed by atoms with van der Waals surface area (Å²) in [5.41, 5.74) is 4.11. The number of ether oxygens (including phenoxy) is 1. The molecule has 0 amide bonds. The van der Waals surface area contributed by atoms with Gasteiger partial charge in [-0.2, -0.15) is 0 Å². The maximum Gasteiger partial charge on any atom is 0.303 e. The smallest absolute Gasteiger partial charge is 0.303 e. The first-order valence-corrected chi connectivity index (χ1v) is 9.22. The van der Waals surface area contributed by atoms with Crippen LogP contribution in [-0.4, -0.2) is 22.8 Å². The van der Waals surface area contributed by atoms with E-state index in [0.717, 1.165) is 39.2 Å². The fraction of sp³-hybridized carbons (Fsp3) is 0.125. The lowest BCUT2D eigenvalue weighted by atomic mass is 10.1. The van der Waals surface area contributed by atoms with Gasteiger partial charge in [-0.15, -0.1) is 0 Å². The molecule has 0 saturated heterocycles. The number of carboxylic acids is 1. The predicted octanol–water partition coefficient (Wildman–Crippen LogP) is 5.32. The van der Waals surface area contributed by atoms with Gasteiger partial charge in [-0.05, 0) is 59.8 Å². The number of nitrogens with zero attached hydrogens (tertiary/aromatic N) is 1. The summed E-state index contributed by atoms with van der Waals surface area (Å²) in [5, 5.41) is 11.4. The van der Waals surface area contributed by atoms with E-state index in [0.29, 0.717) is 6.42 Å². The van der Waals surface area contributed by atoms with Gasteiger partial charge in [-0.25, -0.2) is 0 Å². The lowest BCUT2D eigenvalue weighted by molar-refractivity contribution is -0.136. The van der Waals surface area contributed by atoms with Crippen molar-refractivity contribution in [2.45, 2.75) is 12.8 Å². The number of carbonyl (C=O) groups is 1. The topological polar surface area (TPSA) is 51.5 Å². The largest absolute Gasteiger partial charge is 0.497 e. The molecule has 0 spiro atoms. The highest BCUT2D eigenvalue weighted by molar-refractivity contribution is 5.91. The van der Waals surface area contributed by atoms with Gasteiger partial charge in [0.2, 0.25) is 0 Å². The minimum absolute atomic E-state index is 0.0941. The molecule has 1 heterocycles. The Morgan fingerprint density at radius 2 is 1.68 bits per heavy atom. The Morgan fingerprint density at radius 1 is 0.929 bits per heavy atom. The minimum atomic E-state index is -0.795. The van der Waals surface area contributed by atoms with E-state index in [9.17, 15) is 4.79 Å². The molecule has 0 saturated carbocycles. The number of rotatable bonds is 6. The monoisotopic (exact) mass is 371 g/mol. The second-order valence-electron chi connectivity index (χ2n) is 6.67. The number of hydrogen-bond acceptors (Lipinski definition) is 2. The van der Waals surface area contributed by atoms with E-state index in [1.165, 1.54) is 0 Å². The van der Waals surface area contributed by atoms with Crippen molar-refractivity contribution in [2.75, 3.05) is 7.11 Å². The zero-order valence-electron chi connectivity index (χ0n) is 15.6. The van der Waals surface area contributed by atoms with Crippen LogP contribution in [-0.2, 0) is 11.2 Å². The summed E-state index contributed by atoms with van der Waals surface area (Å²) in [6, 6.07) is 26.5. The van der Waals surface area contributed by atoms with Crippen LogP contribution in [0.25, 0.3) is 27.7 Å². The second kappa shape index (κ2) is 7.61. The average molecular weight is 371 g/mol. The van der Waals surface area contributed by atoms with E-state index in [4.69, 9.17) is 9.84 Å². The van der Waals surface area contributed by atoms with Crippen molar-refractivity contribution >= 4 is 16.7 Å². The SMILES string of the molecule is COc1ccc(-c2ccc(CCC(=O)O)n2-c2cccc3ccccc23)cc1. The summed E-state index contributed by atoms with van der Waals surface area (Å²) < 4.78 is 7.45. The minimum Gasteiger partial charge on any atom is -0.497 e. The van der Waals surface area contributed by atoms with Crippen LogP contribution in [0.3, 0.4) is 0 Å². The molecule has 0 bridgehead atoms. The van der Waals surface area contributed by atoms with Gasteiger partial charge >= 0.3 is 5.97 Å². The van der Waals surface area contributed by atoms with Crippen molar-refractivity contribution in [1.29, 1.82) is 0 Å². The highest BCUT2D eigenvalue weighted by atomic mass is 16.5. The number of aromatic nitrogens is 1. The molecule has 4 rings (SSSR count). The van der Waals surface area contributed by atoms with Crippen LogP contribution < -0.4 is 4.74 Å². The van der Waals surface area contributed by atoms with E-state index in [1.54, 1.807) is 7.11 Å².